The smallest absolute Gasteiger partial charge is 0.416 e. The molecule has 29 heavy (non-hydrogen) atoms. The van der Waals surface area contributed by atoms with Crippen molar-refractivity contribution in [2.45, 2.75) is 26.3 Å². The van der Waals surface area contributed by atoms with Crippen molar-refractivity contribution in [2.24, 2.45) is 0 Å². The molecule has 158 valence electrons. The SMILES string of the molecule is Cc1cc(COC(=O)NCc2cccc(OCP(C)(=O)O)c2)ccc1C(F)(F)F. The number of ether oxygens (including phenoxy) is 2. The summed E-state index contributed by atoms with van der Waals surface area (Å²) >= 11 is 0. The van der Waals surface area contributed by atoms with Gasteiger partial charge in [-0.2, -0.15) is 13.2 Å². The Labute approximate surface area is 166 Å². The first kappa shape index (κ1) is 22.8. The van der Waals surface area contributed by atoms with Gasteiger partial charge in [0, 0.05) is 13.2 Å². The Morgan fingerprint density at radius 2 is 1.90 bits per heavy atom. The van der Waals surface area contributed by atoms with E-state index in [2.05, 4.69) is 5.32 Å². The molecule has 1 atom stereocenters. The summed E-state index contributed by atoms with van der Waals surface area (Å²) in [6, 6.07) is 10.2. The Bertz CT molecular complexity index is 911. The maximum atomic E-state index is 12.8. The molecule has 0 bridgehead atoms. The van der Waals surface area contributed by atoms with Crippen molar-refractivity contribution in [2.75, 3.05) is 13.0 Å². The van der Waals surface area contributed by atoms with Crippen molar-refractivity contribution in [3.05, 3.63) is 64.7 Å². The minimum atomic E-state index is -4.43. The number of alkyl halides is 3. The molecule has 0 radical (unpaired) electrons. The first-order chi connectivity index (χ1) is 13.4. The average Bonchev–Trinajstić information content (AvgIpc) is 2.62. The fraction of sp³-hybridized carbons (Fsp3) is 0.316. The van der Waals surface area contributed by atoms with Gasteiger partial charge in [0.2, 0.25) is 7.37 Å². The predicted molar refractivity (Wildman–Crippen MR) is 101 cm³/mol. The lowest BCUT2D eigenvalue weighted by Crippen LogP contribution is -2.23. The number of halogens is 3. The van der Waals surface area contributed by atoms with Gasteiger partial charge in [-0.05, 0) is 41.8 Å². The topological polar surface area (TPSA) is 84.9 Å². The Morgan fingerprint density at radius 3 is 2.52 bits per heavy atom. The molecule has 0 saturated heterocycles. The van der Waals surface area contributed by atoms with E-state index >= 15 is 0 Å². The van der Waals surface area contributed by atoms with Crippen molar-refractivity contribution in [3.63, 3.8) is 0 Å². The second kappa shape index (κ2) is 9.33. The molecule has 1 amide bonds. The molecule has 0 heterocycles. The number of hydrogen-bond acceptors (Lipinski definition) is 4. The van der Waals surface area contributed by atoms with E-state index in [0.29, 0.717) is 16.9 Å². The Hall–Kier alpha value is -2.51. The van der Waals surface area contributed by atoms with Gasteiger partial charge in [0.1, 0.15) is 12.4 Å². The van der Waals surface area contributed by atoms with E-state index in [0.717, 1.165) is 6.07 Å². The number of carbonyl (C=O) groups excluding carboxylic acids is 1. The minimum Gasteiger partial charge on any atom is -0.484 e. The van der Waals surface area contributed by atoms with E-state index in [1.807, 2.05) is 0 Å². The third-order valence-corrected chi connectivity index (χ3v) is 4.38. The Morgan fingerprint density at radius 1 is 1.17 bits per heavy atom. The van der Waals surface area contributed by atoms with Crippen molar-refractivity contribution < 1.29 is 36.9 Å². The van der Waals surface area contributed by atoms with Gasteiger partial charge in [0.25, 0.3) is 0 Å². The minimum absolute atomic E-state index is 0.0512. The summed E-state index contributed by atoms with van der Waals surface area (Å²) in [6.07, 6.45) is -5.48. The summed E-state index contributed by atoms with van der Waals surface area (Å²) in [4.78, 5) is 21.1. The molecule has 2 aromatic rings. The van der Waals surface area contributed by atoms with Gasteiger partial charge in [0.15, 0.2) is 6.35 Å². The second-order valence-corrected chi connectivity index (χ2v) is 8.91. The van der Waals surface area contributed by atoms with Crippen LogP contribution in [0.5, 0.6) is 5.75 Å². The summed E-state index contributed by atoms with van der Waals surface area (Å²) in [7, 11) is -3.31. The van der Waals surface area contributed by atoms with Crippen LogP contribution in [-0.4, -0.2) is 24.0 Å². The molecular weight excluding hydrogens is 410 g/mol. The number of amides is 1. The molecule has 10 heteroatoms. The molecule has 0 aromatic heterocycles. The summed E-state index contributed by atoms with van der Waals surface area (Å²) in [5.41, 5.74) is 0.437. The molecule has 2 rings (SSSR count). The van der Waals surface area contributed by atoms with E-state index in [1.54, 1.807) is 24.3 Å². The number of nitrogens with one attached hydrogen (secondary N) is 1. The van der Waals surface area contributed by atoms with E-state index in [-0.39, 0.29) is 25.1 Å². The first-order valence-corrected chi connectivity index (χ1v) is 10.8. The highest BCUT2D eigenvalue weighted by Crippen LogP contribution is 2.35. The maximum Gasteiger partial charge on any atom is 0.416 e. The third kappa shape index (κ3) is 7.79. The lowest BCUT2D eigenvalue weighted by Gasteiger charge is -2.12. The maximum absolute atomic E-state index is 12.8. The van der Waals surface area contributed by atoms with Gasteiger partial charge in [-0.25, -0.2) is 4.79 Å². The Balaban J connectivity index is 1.85. The zero-order chi connectivity index (χ0) is 21.7. The Kier molecular flexibility index (Phi) is 7.32. The van der Waals surface area contributed by atoms with Crippen LogP contribution in [0, 0.1) is 6.92 Å². The van der Waals surface area contributed by atoms with Gasteiger partial charge in [-0.15, -0.1) is 0 Å². The summed E-state index contributed by atoms with van der Waals surface area (Å²) in [5, 5.41) is 2.52. The van der Waals surface area contributed by atoms with Crippen LogP contribution in [0.2, 0.25) is 0 Å². The highest BCUT2D eigenvalue weighted by atomic mass is 31.2. The molecule has 0 aliphatic carbocycles. The number of benzene rings is 2. The van der Waals surface area contributed by atoms with Crippen LogP contribution in [0.25, 0.3) is 0 Å². The predicted octanol–water partition coefficient (Wildman–Crippen LogP) is 4.68. The van der Waals surface area contributed by atoms with Crippen molar-refractivity contribution in [1.29, 1.82) is 0 Å². The summed E-state index contributed by atoms with van der Waals surface area (Å²) in [6.45, 7) is 2.48. The number of rotatable bonds is 7. The molecule has 0 fully saturated rings. The van der Waals surface area contributed by atoms with E-state index in [9.17, 15) is 27.4 Å². The largest absolute Gasteiger partial charge is 0.484 e. The van der Waals surface area contributed by atoms with Gasteiger partial charge >= 0.3 is 12.3 Å². The zero-order valence-electron chi connectivity index (χ0n) is 15.8. The molecule has 0 spiro atoms. The first-order valence-electron chi connectivity index (χ1n) is 8.52. The summed E-state index contributed by atoms with van der Waals surface area (Å²) in [5.74, 6) is 0.383. The lowest BCUT2D eigenvalue weighted by atomic mass is 10.1. The number of aryl methyl sites for hydroxylation is 1. The van der Waals surface area contributed by atoms with Crippen molar-refractivity contribution in [3.8, 4) is 5.75 Å². The van der Waals surface area contributed by atoms with Crippen molar-refractivity contribution >= 4 is 13.5 Å². The van der Waals surface area contributed by atoms with Crippen LogP contribution < -0.4 is 10.1 Å². The van der Waals surface area contributed by atoms with Gasteiger partial charge in [0.05, 0.1) is 5.56 Å². The zero-order valence-corrected chi connectivity index (χ0v) is 16.7. The van der Waals surface area contributed by atoms with Crippen LogP contribution in [0.3, 0.4) is 0 Å². The van der Waals surface area contributed by atoms with Crippen LogP contribution in [0.4, 0.5) is 18.0 Å². The molecule has 0 saturated carbocycles. The monoisotopic (exact) mass is 431 g/mol. The molecule has 0 aliphatic heterocycles. The quantitative estimate of drug-likeness (QED) is 0.622. The third-order valence-electron chi connectivity index (χ3n) is 3.77. The fourth-order valence-electron chi connectivity index (χ4n) is 2.45. The van der Waals surface area contributed by atoms with Crippen LogP contribution >= 0.6 is 7.37 Å². The number of carbonyl (C=O) groups is 1. The molecular formula is C19H21F3NO5P. The van der Waals surface area contributed by atoms with E-state index < -0.39 is 25.2 Å². The molecule has 1 unspecified atom stereocenters. The molecule has 0 aliphatic rings. The molecule has 2 aromatic carbocycles. The van der Waals surface area contributed by atoms with Gasteiger partial charge in [-0.3, -0.25) is 4.57 Å². The van der Waals surface area contributed by atoms with Crippen LogP contribution in [0.15, 0.2) is 42.5 Å². The number of alkyl carbamates (subject to hydrolysis) is 1. The highest BCUT2D eigenvalue weighted by molar-refractivity contribution is 7.56. The van der Waals surface area contributed by atoms with Crippen LogP contribution in [-0.2, 0) is 28.6 Å². The standard InChI is InChI=1S/C19H21F3NO5P/c1-13-8-15(6-7-17(13)19(20,21)22)11-27-18(24)23-10-14-4-3-5-16(9-14)28-12-29(2,25)26/h3-9H,10-12H2,1-2H3,(H,23,24)(H,25,26). The fourth-order valence-corrected chi connectivity index (χ4v) is 2.84. The lowest BCUT2D eigenvalue weighted by molar-refractivity contribution is -0.138. The van der Waals surface area contributed by atoms with Gasteiger partial charge < -0.3 is 19.7 Å². The van der Waals surface area contributed by atoms with E-state index in [1.165, 1.54) is 25.7 Å². The molecule has 6 nitrogen and oxygen atoms in total. The second-order valence-electron chi connectivity index (χ2n) is 6.55. The van der Waals surface area contributed by atoms with Crippen molar-refractivity contribution in [1.82, 2.24) is 5.32 Å². The van der Waals surface area contributed by atoms with Gasteiger partial charge in [-0.1, -0.05) is 24.3 Å². The summed E-state index contributed by atoms with van der Waals surface area (Å²) < 4.78 is 59.8. The van der Waals surface area contributed by atoms with E-state index in [4.69, 9.17) is 9.47 Å². The molecule has 2 N–H and O–H groups in total. The number of hydrogen-bond donors (Lipinski definition) is 2. The average molecular weight is 431 g/mol. The highest BCUT2D eigenvalue weighted by Gasteiger charge is 2.32. The normalized spacial score (nSPS) is 13.4. The van der Waals surface area contributed by atoms with Crippen LogP contribution in [0.1, 0.15) is 22.3 Å².